The fourth-order valence-electron chi connectivity index (χ4n) is 3.33. The Morgan fingerprint density at radius 2 is 1.65 bits per heavy atom. The Balaban J connectivity index is 2.10. The van der Waals surface area contributed by atoms with Crippen molar-refractivity contribution in [1.82, 2.24) is 0 Å². The van der Waals surface area contributed by atoms with Gasteiger partial charge in [0.2, 0.25) is 0 Å². The van der Waals surface area contributed by atoms with Crippen LogP contribution in [-0.2, 0) is 0 Å². The van der Waals surface area contributed by atoms with Crippen LogP contribution >= 0.6 is 0 Å². The van der Waals surface area contributed by atoms with Gasteiger partial charge in [-0.05, 0) is 52.6 Å². The highest BCUT2D eigenvalue weighted by molar-refractivity contribution is 6.25. The molecule has 3 heteroatoms. The molecule has 4 rings (SSSR count). The van der Waals surface area contributed by atoms with Gasteiger partial charge in [0, 0.05) is 33.5 Å². The highest BCUT2D eigenvalue weighted by Crippen LogP contribution is 2.34. The highest BCUT2D eigenvalue weighted by atomic mass is 16.1. The first-order chi connectivity index (χ1) is 12.6. The normalized spacial score (nSPS) is 10.7. The molecule has 26 heavy (non-hydrogen) atoms. The summed E-state index contributed by atoms with van der Waals surface area (Å²) in [5.74, 6) is 2.49. The molecular weight excluding hydrogens is 320 g/mol. The molecule has 4 aromatic carbocycles. The summed E-state index contributed by atoms with van der Waals surface area (Å²) >= 11 is 0. The number of anilines is 2. The molecule has 124 valence electrons. The van der Waals surface area contributed by atoms with E-state index in [1.165, 1.54) is 0 Å². The summed E-state index contributed by atoms with van der Waals surface area (Å²) in [6, 6.07) is 20.2. The van der Waals surface area contributed by atoms with Crippen LogP contribution in [0.15, 0.2) is 66.7 Å². The van der Waals surface area contributed by atoms with Crippen LogP contribution < -0.4 is 11.5 Å². The lowest BCUT2D eigenvalue weighted by Gasteiger charge is -2.13. The molecule has 0 aliphatic carbocycles. The van der Waals surface area contributed by atoms with Gasteiger partial charge >= 0.3 is 0 Å². The Bertz CT molecular complexity index is 1230. The Morgan fingerprint density at radius 1 is 0.846 bits per heavy atom. The lowest BCUT2D eigenvalue weighted by Crippen LogP contribution is -2.05. The Kier molecular flexibility index (Phi) is 3.60. The summed E-state index contributed by atoms with van der Waals surface area (Å²) in [6.45, 7) is 0. The van der Waals surface area contributed by atoms with E-state index in [1.807, 2.05) is 36.4 Å². The lowest BCUT2D eigenvalue weighted by molar-refractivity contribution is 0.104. The number of ketones is 1. The Hall–Kier alpha value is -3.77. The van der Waals surface area contributed by atoms with Crippen molar-refractivity contribution >= 4 is 38.7 Å². The fraction of sp³-hybridized carbons (Fsp3) is 0. The van der Waals surface area contributed by atoms with Gasteiger partial charge in [0.05, 0.1) is 0 Å². The number of hydrogen-bond acceptors (Lipinski definition) is 3. The van der Waals surface area contributed by atoms with Crippen molar-refractivity contribution in [3.63, 3.8) is 0 Å². The number of benzene rings is 4. The summed E-state index contributed by atoms with van der Waals surface area (Å²) in [4.78, 5) is 13.4. The van der Waals surface area contributed by atoms with Gasteiger partial charge in [0.15, 0.2) is 5.78 Å². The van der Waals surface area contributed by atoms with Crippen molar-refractivity contribution in [2.75, 3.05) is 11.5 Å². The van der Waals surface area contributed by atoms with Crippen LogP contribution in [0.4, 0.5) is 11.4 Å². The van der Waals surface area contributed by atoms with Gasteiger partial charge in [-0.15, -0.1) is 6.42 Å². The minimum atomic E-state index is -0.0897. The molecule has 4 aromatic rings. The van der Waals surface area contributed by atoms with E-state index in [9.17, 15) is 4.79 Å². The standard InChI is InChI=1S/C23H16N2O/c1-2-14-5-3-6-15(11-14)23(26)22-18-10-9-17(24)12-16(18)13-20-19(22)7-4-8-21(20)25/h1,3-13H,24-25H2. The lowest BCUT2D eigenvalue weighted by atomic mass is 9.90. The molecule has 0 atom stereocenters. The van der Waals surface area contributed by atoms with Gasteiger partial charge < -0.3 is 11.5 Å². The second-order valence-electron chi connectivity index (χ2n) is 6.23. The van der Waals surface area contributed by atoms with Crippen LogP contribution in [0.3, 0.4) is 0 Å². The minimum Gasteiger partial charge on any atom is -0.399 e. The van der Waals surface area contributed by atoms with Crippen LogP contribution in [0.25, 0.3) is 21.5 Å². The smallest absolute Gasteiger partial charge is 0.194 e. The quantitative estimate of drug-likeness (QED) is 0.247. The zero-order valence-electron chi connectivity index (χ0n) is 14.0. The SMILES string of the molecule is C#Cc1cccc(C(=O)c2c3ccc(N)cc3cc3c(N)cccc23)c1. The summed E-state index contributed by atoms with van der Waals surface area (Å²) in [5, 5.41) is 3.38. The Labute approximate surface area is 151 Å². The van der Waals surface area contributed by atoms with E-state index < -0.39 is 0 Å². The van der Waals surface area contributed by atoms with Crippen molar-refractivity contribution in [3.8, 4) is 12.3 Å². The maximum absolute atomic E-state index is 13.4. The van der Waals surface area contributed by atoms with Gasteiger partial charge in [-0.2, -0.15) is 0 Å². The van der Waals surface area contributed by atoms with E-state index >= 15 is 0 Å². The van der Waals surface area contributed by atoms with E-state index in [4.69, 9.17) is 17.9 Å². The molecule has 3 nitrogen and oxygen atoms in total. The van der Waals surface area contributed by atoms with Crippen LogP contribution in [0, 0.1) is 12.3 Å². The Morgan fingerprint density at radius 3 is 2.46 bits per heavy atom. The molecule has 4 N–H and O–H groups in total. The predicted molar refractivity (Wildman–Crippen MR) is 108 cm³/mol. The predicted octanol–water partition coefficient (Wildman–Crippen LogP) is 4.37. The van der Waals surface area contributed by atoms with E-state index in [0.717, 1.165) is 21.5 Å². The van der Waals surface area contributed by atoms with Gasteiger partial charge in [-0.25, -0.2) is 0 Å². The van der Waals surface area contributed by atoms with Crippen molar-refractivity contribution in [1.29, 1.82) is 0 Å². The third-order valence-electron chi connectivity index (χ3n) is 4.57. The molecule has 0 radical (unpaired) electrons. The maximum atomic E-state index is 13.4. The van der Waals surface area contributed by atoms with Crippen molar-refractivity contribution in [2.45, 2.75) is 0 Å². The molecule has 0 spiro atoms. The summed E-state index contributed by atoms with van der Waals surface area (Å²) in [6.07, 6.45) is 5.48. The third kappa shape index (κ3) is 2.45. The first-order valence-corrected chi connectivity index (χ1v) is 8.20. The van der Waals surface area contributed by atoms with Crippen LogP contribution in [0.1, 0.15) is 21.5 Å². The number of nitrogens with two attached hydrogens (primary N) is 2. The molecule has 0 heterocycles. The summed E-state index contributed by atoms with van der Waals surface area (Å²) in [5.41, 5.74) is 15.2. The molecule has 0 bridgehead atoms. The molecule has 0 aliphatic heterocycles. The summed E-state index contributed by atoms with van der Waals surface area (Å²) < 4.78 is 0. The fourth-order valence-corrected chi connectivity index (χ4v) is 3.33. The van der Waals surface area contributed by atoms with Crippen LogP contribution in [0.2, 0.25) is 0 Å². The third-order valence-corrected chi connectivity index (χ3v) is 4.57. The molecule has 0 amide bonds. The molecule has 0 unspecified atom stereocenters. The highest BCUT2D eigenvalue weighted by Gasteiger charge is 2.18. The van der Waals surface area contributed by atoms with E-state index in [2.05, 4.69) is 5.92 Å². The van der Waals surface area contributed by atoms with Gasteiger partial charge in [-0.1, -0.05) is 36.3 Å². The second kappa shape index (κ2) is 5.94. The number of rotatable bonds is 2. The number of carbonyl (C=O) groups is 1. The van der Waals surface area contributed by atoms with E-state index in [1.54, 1.807) is 30.3 Å². The largest absolute Gasteiger partial charge is 0.399 e. The first-order valence-electron chi connectivity index (χ1n) is 8.20. The zero-order valence-corrected chi connectivity index (χ0v) is 14.0. The van der Waals surface area contributed by atoms with Crippen LogP contribution in [-0.4, -0.2) is 5.78 Å². The molecule has 0 saturated carbocycles. The average molecular weight is 336 g/mol. The van der Waals surface area contributed by atoms with Gasteiger partial charge in [-0.3, -0.25) is 4.79 Å². The van der Waals surface area contributed by atoms with Crippen molar-refractivity contribution in [3.05, 3.63) is 83.4 Å². The number of hydrogen-bond donors (Lipinski definition) is 2. The van der Waals surface area contributed by atoms with Crippen LogP contribution in [0.5, 0.6) is 0 Å². The topological polar surface area (TPSA) is 69.1 Å². The number of carbonyl (C=O) groups excluding carboxylic acids is 1. The number of terminal acetylenes is 1. The number of fused-ring (bicyclic) bond motifs is 2. The van der Waals surface area contributed by atoms with Gasteiger partial charge in [0.1, 0.15) is 0 Å². The summed E-state index contributed by atoms with van der Waals surface area (Å²) in [7, 11) is 0. The molecule has 0 saturated heterocycles. The molecule has 0 fully saturated rings. The average Bonchev–Trinajstić information content (AvgIpc) is 2.66. The molecule has 0 aliphatic rings. The van der Waals surface area contributed by atoms with Crippen molar-refractivity contribution < 1.29 is 4.79 Å². The first kappa shape index (κ1) is 15.7. The molecule has 0 aromatic heterocycles. The zero-order chi connectivity index (χ0) is 18.3. The van der Waals surface area contributed by atoms with E-state index in [0.29, 0.717) is 28.1 Å². The molecular formula is C23H16N2O. The monoisotopic (exact) mass is 336 g/mol. The van der Waals surface area contributed by atoms with E-state index in [-0.39, 0.29) is 5.78 Å². The van der Waals surface area contributed by atoms with Crippen molar-refractivity contribution in [2.24, 2.45) is 0 Å². The maximum Gasteiger partial charge on any atom is 0.194 e. The number of nitrogen functional groups attached to an aromatic ring is 2. The minimum absolute atomic E-state index is 0.0897. The second-order valence-corrected chi connectivity index (χ2v) is 6.23. The van der Waals surface area contributed by atoms with Gasteiger partial charge in [0.25, 0.3) is 0 Å².